The molecular weight excluding hydrogens is 422 g/mol. The van der Waals surface area contributed by atoms with Crippen LogP contribution in [0.15, 0.2) is 66.1 Å². The topological polar surface area (TPSA) is 62.7 Å². The molecule has 7 heteroatoms. The van der Waals surface area contributed by atoms with Crippen molar-refractivity contribution in [3.05, 3.63) is 82.3 Å². The van der Waals surface area contributed by atoms with Crippen LogP contribution in [0.25, 0.3) is 6.08 Å². The third-order valence-corrected chi connectivity index (χ3v) is 6.14. The summed E-state index contributed by atoms with van der Waals surface area (Å²) in [5, 5.41) is 2.79. The van der Waals surface area contributed by atoms with Gasteiger partial charge >= 0.3 is 0 Å². The lowest BCUT2D eigenvalue weighted by molar-refractivity contribution is -0.136. The zero-order valence-electron chi connectivity index (χ0n) is 17.9. The number of para-hydroxylation sites is 1. The minimum absolute atomic E-state index is 0.0537. The quantitative estimate of drug-likeness (QED) is 0.532. The molecule has 1 aromatic heterocycles. The number of thiazole rings is 1. The van der Waals surface area contributed by atoms with E-state index in [1.165, 1.54) is 11.3 Å². The van der Waals surface area contributed by atoms with Crippen LogP contribution in [0.3, 0.4) is 0 Å². The van der Waals surface area contributed by atoms with Gasteiger partial charge in [-0.25, -0.2) is 4.98 Å². The minimum atomic E-state index is -0.0537. The highest BCUT2D eigenvalue weighted by Gasteiger charge is 2.23. The summed E-state index contributed by atoms with van der Waals surface area (Å²) >= 11 is 1.51. The summed E-state index contributed by atoms with van der Waals surface area (Å²) in [5.41, 5.74) is 1.83. The van der Waals surface area contributed by atoms with Crippen molar-refractivity contribution in [2.24, 2.45) is 0 Å². The molecule has 1 aliphatic rings. The van der Waals surface area contributed by atoms with Crippen molar-refractivity contribution in [3.8, 4) is 11.5 Å². The second-order valence-corrected chi connectivity index (χ2v) is 8.53. The maximum atomic E-state index is 12.6. The smallest absolute Gasteiger partial charge is 0.246 e. The number of piperazine rings is 1. The molecule has 0 saturated carbocycles. The van der Waals surface area contributed by atoms with Crippen LogP contribution in [0.2, 0.25) is 0 Å². The van der Waals surface area contributed by atoms with Gasteiger partial charge in [-0.2, -0.15) is 0 Å². The highest BCUT2D eigenvalue weighted by Crippen LogP contribution is 2.22. The molecule has 2 aromatic carbocycles. The Morgan fingerprint density at radius 1 is 1.00 bits per heavy atom. The Labute approximate surface area is 191 Å². The van der Waals surface area contributed by atoms with E-state index in [2.05, 4.69) is 4.98 Å². The number of nitrogens with zero attached hydrogens (tertiary/aromatic N) is 3. The molecule has 0 bridgehead atoms. The molecule has 0 atom stereocenters. The molecule has 0 aliphatic carbocycles. The van der Waals surface area contributed by atoms with Crippen LogP contribution < -0.4 is 4.74 Å². The molecule has 1 saturated heterocycles. The van der Waals surface area contributed by atoms with Gasteiger partial charge in [0.2, 0.25) is 11.8 Å². The Kier molecular flexibility index (Phi) is 6.97. The Hall–Kier alpha value is -3.45. The van der Waals surface area contributed by atoms with Crippen LogP contribution in [-0.4, -0.2) is 52.8 Å². The lowest BCUT2D eigenvalue weighted by atomic mass is 10.2. The summed E-state index contributed by atoms with van der Waals surface area (Å²) < 4.78 is 5.85. The first-order valence-corrected chi connectivity index (χ1v) is 11.4. The molecule has 0 unspecified atom stereocenters. The van der Waals surface area contributed by atoms with Gasteiger partial charge < -0.3 is 14.5 Å². The van der Waals surface area contributed by atoms with Crippen molar-refractivity contribution in [2.75, 3.05) is 26.2 Å². The maximum Gasteiger partial charge on any atom is 0.246 e. The largest absolute Gasteiger partial charge is 0.457 e. The van der Waals surface area contributed by atoms with Gasteiger partial charge in [0.05, 0.1) is 6.42 Å². The fourth-order valence-corrected chi connectivity index (χ4v) is 4.24. The van der Waals surface area contributed by atoms with Crippen LogP contribution in [0, 0.1) is 6.92 Å². The number of aromatic nitrogens is 1. The van der Waals surface area contributed by atoms with E-state index >= 15 is 0 Å². The van der Waals surface area contributed by atoms with E-state index in [1.807, 2.05) is 71.8 Å². The van der Waals surface area contributed by atoms with Crippen LogP contribution in [-0.2, 0) is 16.0 Å². The number of ether oxygens (including phenoxy) is 1. The van der Waals surface area contributed by atoms with E-state index in [4.69, 9.17) is 4.74 Å². The first-order valence-electron chi connectivity index (χ1n) is 10.6. The second kappa shape index (κ2) is 10.2. The van der Waals surface area contributed by atoms with Gasteiger partial charge in [0.1, 0.15) is 16.5 Å². The summed E-state index contributed by atoms with van der Waals surface area (Å²) in [5.74, 6) is 1.50. The highest BCUT2D eigenvalue weighted by atomic mass is 32.1. The number of rotatable bonds is 6. The molecule has 1 aliphatic heterocycles. The van der Waals surface area contributed by atoms with Crippen LogP contribution in [0.5, 0.6) is 11.5 Å². The van der Waals surface area contributed by atoms with Gasteiger partial charge in [0.25, 0.3) is 0 Å². The van der Waals surface area contributed by atoms with E-state index in [0.717, 1.165) is 22.0 Å². The van der Waals surface area contributed by atoms with Gasteiger partial charge in [-0.15, -0.1) is 11.3 Å². The third kappa shape index (κ3) is 5.82. The van der Waals surface area contributed by atoms with E-state index in [9.17, 15) is 9.59 Å². The summed E-state index contributed by atoms with van der Waals surface area (Å²) in [6.07, 6.45) is 3.70. The highest BCUT2D eigenvalue weighted by molar-refractivity contribution is 7.09. The molecule has 2 amide bonds. The number of hydrogen-bond acceptors (Lipinski definition) is 5. The minimum Gasteiger partial charge on any atom is -0.457 e. The molecule has 164 valence electrons. The van der Waals surface area contributed by atoms with Gasteiger partial charge in [-0.05, 0) is 42.8 Å². The lowest BCUT2D eigenvalue weighted by Gasteiger charge is -2.34. The Balaban J connectivity index is 1.28. The summed E-state index contributed by atoms with van der Waals surface area (Å²) in [6, 6.07) is 17.2. The number of carbonyl (C=O) groups is 2. The third-order valence-electron chi connectivity index (χ3n) is 5.17. The molecule has 32 heavy (non-hydrogen) atoms. The first kappa shape index (κ1) is 21.8. The molecular formula is C25H25N3O3S. The molecule has 0 spiro atoms. The van der Waals surface area contributed by atoms with E-state index in [0.29, 0.717) is 38.3 Å². The van der Waals surface area contributed by atoms with Gasteiger partial charge in [-0.3, -0.25) is 9.59 Å². The molecule has 6 nitrogen and oxygen atoms in total. The SMILES string of the molecule is Cc1csc(CC(=O)N2CCN(C(=O)C=Cc3cccc(Oc4ccccc4)c3)CC2)n1. The molecule has 0 N–H and O–H groups in total. The van der Waals surface area contributed by atoms with Crippen LogP contribution in [0.4, 0.5) is 0 Å². The standard InChI is InChI=1S/C25H25N3O3S/c1-19-18-32-23(26-19)17-25(30)28-14-12-27(13-15-28)24(29)11-10-20-6-5-9-22(16-20)31-21-7-3-2-4-8-21/h2-11,16,18H,12-15,17H2,1H3. The van der Waals surface area contributed by atoms with Crippen molar-refractivity contribution >= 4 is 29.2 Å². The predicted molar refractivity (Wildman–Crippen MR) is 126 cm³/mol. The second-order valence-electron chi connectivity index (χ2n) is 7.59. The monoisotopic (exact) mass is 447 g/mol. The molecule has 3 aromatic rings. The average Bonchev–Trinajstić information content (AvgIpc) is 3.23. The Morgan fingerprint density at radius 3 is 2.44 bits per heavy atom. The number of hydrogen-bond donors (Lipinski definition) is 0. The zero-order chi connectivity index (χ0) is 22.3. The zero-order valence-corrected chi connectivity index (χ0v) is 18.8. The predicted octanol–water partition coefficient (Wildman–Crippen LogP) is 4.17. The van der Waals surface area contributed by atoms with Crippen molar-refractivity contribution in [3.63, 3.8) is 0 Å². The fourth-order valence-electron chi connectivity index (χ4n) is 3.48. The van der Waals surface area contributed by atoms with E-state index in [-0.39, 0.29) is 11.8 Å². The summed E-state index contributed by atoms with van der Waals surface area (Å²) in [6.45, 7) is 4.08. The number of carbonyl (C=O) groups excluding carboxylic acids is 2. The number of benzene rings is 2. The van der Waals surface area contributed by atoms with Gasteiger partial charge in [-0.1, -0.05) is 30.3 Å². The Morgan fingerprint density at radius 2 is 1.72 bits per heavy atom. The van der Waals surface area contributed by atoms with E-state index in [1.54, 1.807) is 17.1 Å². The van der Waals surface area contributed by atoms with Crippen LogP contribution in [0.1, 0.15) is 16.3 Å². The van der Waals surface area contributed by atoms with Crippen molar-refractivity contribution in [1.29, 1.82) is 0 Å². The van der Waals surface area contributed by atoms with Gasteiger partial charge in [0.15, 0.2) is 0 Å². The van der Waals surface area contributed by atoms with Crippen LogP contribution >= 0.6 is 11.3 Å². The molecule has 4 rings (SSSR count). The van der Waals surface area contributed by atoms with Crippen molar-refractivity contribution in [1.82, 2.24) is 14.8 Å². The summed E-state index contributed by atoms with van der Waals surface area (Å²) in [7, 11) is 0. The van der Waals surface area contributed by atoms with Crippen molar-refractivity contribution < 1.29 is 14.3 Å². The Bertz CT molecular complexity index is 1100. The number of amides is 2. The average molecular weight is 448 g/mol. The van der Waals surface area contributed by atoms with Gasteiger partial charge in [0, 0.05) is 43.3 Å². The molecule has 2 heterocycles. The van der Waals surface area contributed by atoms with E-state index < -0.39 is 0 Å². The lowest BCUT2D eigenvalue weighted by Crippen LogP contribution is -2.50. The molecule has 0 radical (unpaired) electrons. The van der Waals surface area contributed by atoms with Crippen molar-refractivity contribution in [2.45, 2.75) is 13.3 Å². The normalized spacial score (nSPS) is 14.0. The number of aryl methyl sites for hydroxylation is 1. The maximum absolute atomic E-state index is 12.6. The fraction of sp³-hybridized carbons (Fsp3) is 0.240. The first-order chi connectivity index (χ1) is 15.6. The summed E-state index contributed by atoms with van der Waals surface area (Å²) in [4.78, 5) is 33.1. The molecule has 1 fully saturated rings.